The molecule has 2 aromatic carbocycles. The Kier molecular flexibility index (Phi) is 5.49. The number of carbonyl (C=O) groups excluding carboxylic acids is 1. The summed E-state index contributed by atoms with van der Waals surface area (Å²) in [6.07, 6.45) is 5.21. The molecule has 4 rings (SSSR count). The van der Waals surface area contributed by atoms with Gasteiger partial charge in [0.15, 0.2) is 9.84 Å². The van der Waals surface area contributed by atoms with E-state index in [0.717, 1.165) is 31.5 Å². The number of nitrogens with zero attached hydrogens (tertiary/aromatic N) is 1. The van der Waals surface area contributed by atoms with Crippen LogP contribution in [0.15, 0.2) is 59.5 Å². The number of hydrogen-bond acceptors (Lipinski definition) is 4. The molecule has 0 aromatic heterocycles. The van der Waals surface area contributed by atoms with Crippen molar-refractivity contribution in [2.75, 3.05) is 25.9 Å². The van der Waals surface area contributed by atoms with Crippen molar-refractivity contribution in [2.24, 2.45) is 0 Å². The van der Waals surface area contributed by atoms with Crippen LogP contribution < -0.4 is 5.32 Å². The first kappa shape index (κ1) is 20.1. The zero-order chi connectivity index (χ0) is 20.5. The van der Waals surface area contributed by atoms with Crippen molar-refractivity contribution in [1.82, 2.24) is 10.2 Å². The van der Waals surface area contributed by atoms with E-state index in [0.29, 0.717) is 6.54 Å². The van der Waals surface area contributed by atoms with Crippen molar-refractivity contribution in [2.45, 2.75) is 42.0 Å². The normalized spacial score (nSPS) is 19.6. The van der Waals surface area contributed by atoms with Crippen molar-refractivity contribution in [1.29, 1.82) is 0 Å². The number of benzene rings is 2. The van der Waals surface area contributed by atoms with Gasteiger partial charge in [0.1, 0.15) is 0 Å². The zero-order valence-electron chi connectivity index (χ0n) is 16.8. The Labute approximate surface area is 173 Å². The molecule has 5 nitrogen and oxygen atoms in total. The minimum Gasteiger partial charge on any atom is -0.353 e. The van der Waals surface area contributed by atoms with Crippen LogP contribution in [0.2, 0.25) is 0 Å². The van der Waals surface area contributed by atoms with Crippen LogP contribution in [0.4, 0.5) is 0 Å². The Balaban J connectivity index is 1.48. The fourth-order valence-electron chi connectivity index (χ4n) is 4.34. The lowest BCUT2D eigenvalue weighted by molar-refractivity contribution is -0.123. The average molecular weight is 413 g/mol. The first-order valence-corrected chi connectivity index (χ1v) is 12.2. The first-order chi connectivity index (χ1) is 13.9. The quantitative estimate of drug-likeness (QED) is 0.759. The molecular weight excluding hydrogens is 384 g/mol. The number of amides is 1. The molecule has 1 heterocycles. The highest BCUT2D eigenvalue weighted by atomic mass is 32.2. The highest BCUT2D eigenvalue weighted by Crippen LogP contribution is 2.48. The smallest absolute Gasteiger partial charge is 0.230 e. The molecule has 2 fully saturated rings. The minimum atomic E-state index is -3.23. The molecule has 0 radical (unpaired) electrons. The lowest BCUT2D eigenvalue weighted by Crippen LogP contribution is -2.41. The molecule has 2 aromatic rings. The Hall–Kier alpha value is -2.18. The Morgan fingerprint density at radius 2 is 1.66 bits per heavy atom. The van der Waals surface area contributed by atoms with Crippen molar-refractivity contribution < 1.29 is 13.2 Å². The standard InChI is InChI=1S/C23H28N2O3S/c1-29(27,28)20-11-9-19(10-12-20)23(13-14-23)22(26)24-17-21(25-15-5-6-16-25)18-7-3-2-4-8-18/h2-4,7-12,21H,5-6,13-17H2,1H3,(H,24,26). The monoisotopic (exact) mass is 412 g/mol. The van der Waals surface area contributed by atoms with Crippen LogP contribution >= 0.6 is 0 Å². The third-order valence-corrected chi connectivity index (χ3v) is 7.37. The molecule has 1 amide bonds. The SMILES string of the molecule is CS(=O)(=O)c1ccc(C2(C(=O)NCC(c3ccccc3)N3CCCC3)CC2)cc1. The summed E-state index contributed by atoms with van der Waals surface area (Å²) in [6, 6.07) is 17.4. The summed E-state index contributed by atoms with van der Waals surface area (Å²) in [6.45, 7) is 2.72. The van der Waals surface area contributed by atoms with Crippen molar-refractivity contribution in [3.05, 3.63) is 65.7 Å². The number of hydrogen-bond donors (Lipinski definition) is 1. The van der Waals surface area contributed by atoms with Gasteiger partial charge < -0.3 is 5.32 Å². The van der Waals surface area contributed by atoms with Crippen molar-refractivity contribution >= 4 is 15.7 Å². The van der Waals surface area contributed by atoms with E-state index in [1.54, 1.807) is 24.3 Å². The molecule has 1 aliphatic carbocycles. The molecule has 1 N–H and O–H groups in total. The van der Waals surface area contributed by atoms with Crippen molar-refractivity contribution in [3.8, 4) is 0 Å². The van der Waals surface area contributed by atoms with Crippen LogP contribution in [-0.4, -0.2) is 45.1 Å². The largest absolute Gasteiger partial charge is 0.353 e. The molecule has 1 unspecified atom stereocenters. The van der Waals surface area contributed by atoms with Crippen molar-refractivity contribution in [3.63, 3.8) is 0 Å². The van der Waals surface area contributed by atoms with Crippen LogP contribution in [0.1, 0.15) is 42.9 Å². The van der Waals surface area contributed by atoms with Crippen LogP contribution in [0, 0.1) is 0 Å². The van der Waals surface area contributed by atoms with Gasteiger partial charge in [0, 0.05) is 12.8 Å². The molecule has 0 spiro atoms. The minimum absolute atomic E-state index is 0.0460. The van der Waals surface area contributed by atoms with Gasteiger partial charge in [0.2, 0.25) is 5.91 Å². The van der Waals surface area contributed by atoms with E-state index in [-0.39, 0.29) is 16.8 Å². The van der Waals surface area contributed by atoms with Crippen LogP contribution in [0.5, 0.6) is 0 Å². The number of nitrogens with one attached hydrogen (secondary N) is 1. The highest BCUT2D eigenvalue weighted by Gasteiger charge is 2.51. The molecule has 1 saturated carbocycles. The molecule has 1 saturated heterocycles. The lowest BCUT2D eigenvalue weighted by Gasteiger charge is -2.29. The highest BCUT2D eigenvalue weighted by molar-refractivity contribution is 7.90. The van der Waals surface area contributed by atoms with Gasteiger partial charge >= 0.3 is 0 Å². The van der Waals surface area contributed by atoms with Gasteiger partial charge in [-0.25, -0.2) is 8.42 Å². The Morgan fingerprint density at radius 3 is 2.21 bits per heavy atom. The summed E-state index contributed by atoms with van der Waals surface area (Å²) < 4.78 is 23.4. The summed E-state index contributed by atoms with van der Waals surface area (Å²) in [4.78, 5) is 15.9. The van der Waals surface area contributed by atoms with E-state index in [1.165, 1.54) is 24.7 Å². The summed E-state index contributed by atoms with van der Waals surface area (Å²) in [7, 11) is -3.23. The summed E-state index contributed by atoms with van der Waals surface area (Å²) >= 11 is 0. The van der Waals surface area contributed by atoms with Gasteiger partial charge in [-0.2, -0.15) is 0 Å². The molecule has 6 heteroatoms. The second kappa shape index (κ2) is 7.92. The molecule has 2 aliphatic rings. The maximum absolute atomic E-state index is 13.1. The van der Waals surface area contributed by atoms with E-state index in [4.69, 9.17) is 0 Å². The summed E-state index contributed by atoms with van der Waals surface area (Å²) in [5.41, 5.74) is 1.62. The predicted octanol–water partition coefficient (Wildman–Crippen LogP) is 3.08. The summed E-state index contributed by atoms with van der Waals surface area (Å²) in [5, 5.41) is 3.21. The second-order valence-corrected chi connectivity index (χ2v) is 10.3. The van der Waals surface area contributed by atoms with Crippen LogP contribution in [0.3, 0.4) is 0 Å². The Bertz CT molecular complexity index is 961. The third-order valence-electron chi connectivity index (χ3n) is 6.24. The van der Waals surface area contributed by atoms with E-state index in [2.05, 4.69) is 22.3 Å². The first-order valence-electron chi connectivity index (χ1n) is 10.3. The maximum Gasteiger partial charge on any atom is 0.230 e. The summed E-state index contributed by atoms with van der Waals surface area (Å²) in [5.74, 6) is 0.0460. The molecule has 1 atom stereocenters. The van der Waals surface area contributed by atoms with Gasteiger partial charge in [0.05, 0.1) is 16.4 Å². The number of rotatable bonds is 7. The molecule has 1 aliphatic heterocycles. The fraction of sp³-hybridized carbons (Fsp3) is 0.435. The van der Waals surface area contributed by atoms with E-state index in [9.17, 15) is 13.2 Å². The van der Waals surface area contributed by atoms with Gasteiger partial charge in [-0.1, -0.05) is 42.5 Å². The average Bonchev–Trinajstić information content (AvgIpc) is 3.37. The molecule has 29 heavy (non-hydrogen) atoms. The van der Waals surface area contributed by atoms with E-state index >= 15 is 0 Å². The number of likely N-dealkylation sites (tertiary alicyclic amines) is 1. The number of carbonyl (C=O) groups is 1. The molecule has 0 bridgehead atoms. The Morgan fingerprint density at radius 1 is 1.03 bits per heavy atom. The van der Waals surface area contributed by atoms with Gasteiger partial charge in [0.25, 0.3) is 0 Å². The van der Waals surface area contributed by atoms with Crippen LogP contribution in [-0.2, 0) is 20.0 Å². The topological polar surface area (TPSA) is 66.5 Å². The van der Waals surface area contributed by atoms with Crippen LogP contribution in [0.25, 0.3) is 0 Å². The zero-order valence-corrected chi connectivity index (χ0v) is 17.6. The second-order valence-electron chi connectivity index (χ2n) is 8.26. The predicted molar refractivity (Wildman–Crippen MR) is 113 cm³/mol. The maximum atomic E-state index is 13.1. The molecular formula is C23H28N2O3S. The number of sulfone groups is 1. The van der Waals surface area contributed by atoms with Gasteiger partial charge in [-0.15, -0.1) is 0 Å². The molecule has 154 valence electrons. The van der Waals surface area contributed by atoms with Gasteiger partial charge in [-0.3, -0.25) is 9.69 Å². The fourth-order valence-corrected chi connectivity index (χ4v) is 4.97. The third kappa shape index (κ3) is 4.23. The van der Waals surface area contributed by atoms with Gasteiger partial charge in [-0.05, 0) is 62.0 Å². The van der Waals surface area contributed by atoms with E-state index in [1.807, 2.05) is 18.2 Å². The van der Waals surface area contributed by atoms with E-state index < -0.39 is 15.3 Å². The lowest BCUT2D eigenvalue weighted by atomic mass is 9.94.